The summed E-state index contributed by atoms with van der Waals surface area (Å²) in [5.74, 6) is 0.441. The Labute approximate surface area is 220 Å². The fourth-order valence-electron chi connectivity index (χ4n) is 7.10. The molecule has 2 bridgehead atoms. The molecule has 0 spiro atoms. The average Bonchev–Trinajstić information content (AvgIpc) is 3.06. The van der Waals surface area contributed by atoms with Crippen LogP contribution in [-0.4, -0.2) is 60.9 Å². The number of carbonyl (C=O) groups is 2. The molecule has 6 atom stereocenters. The van der Waals surface area contributed by atoms with Crippen molar-refractivity contribution in [3.05, 3.63) is 35.9 Å². The SMILES string of the molecule is CC1(C)[C@@H]2C[C@H]3OB([C@H](Cc4ccccc4)NC(=O)O[C@@H]4CCCCN(C(=O)CC#N)C4)O[C@@]3(C)[C@H]1C2. The molecule has 0 aromatic heterocycles. The second kappa shape index (κ2) is 10.3. The first-order valence-electron chi connectivity index (χ1n) is 13.7. The van der Waals surface area contributed by atoms with E-state index < -0.39 is 25.3 Å². The van der Waals surface area contributed by atoms with E-state index in [1.54, 1.807) is 4.90 Å². The monoisotopic (exact) mass is 507 g/mol. The third kappa shape index (κ3) is 5.11. The number of ether oxygens (including phenoxy) is 1. The summed E-state index contributed by atoms with van der Waals surface area (Å²) in [6.45, 7) is 7.74. The predicted octanol–water partition coefficient (Wildman–Crippen LogP) is 3.89. The fraction of sp³-hybridized carbons (Fsp3) is 0.679. The van der Waals surface area contributed by atoms with Crippen molar-refractivity contribution in [1.82, 2.24) is 10.2 Å². The zero-order chi connectivity index (χ0) is 26.2. The molecule has 6 rings (SSSR count). The van der Waals surface area contributed by atoms with Gasteiger partial charge in [-0.25, -0.2) is 4.79 Å². The molecular formula is C28H38BN3O5. The molecule has 198 valence electrons. The Morgan fingerprint density at radius 1 is 1.24 bits per heavy atom. The van der Waals surface area contributed by atoms with Gasteiger partial charge in [-0.1, -0.05) is 44.2 Å². The topological polar surface area (TPSA) is 101 Å². The lowest BCUT2D eigenvalue weighted by Crippen LogP contribution is -2.65. The smallest absolute Gasteiger partial charge is 0.444 e. The molecule has 9 heteroatoms. The van der Waals surface area contributed by atoms with Gasteiger partial charge in [0.15, 0.2) is 0 Å². The van der Waals surface area contributed by atoms with Gasteiger partial charge >= 0.3 is 13.2 Å². The molecule has 5 fully saturated rings. The molecule has 1 aromatic rings. The van der Waals surface area contributed by atoms with E-state index in [-0.39, 0.29) is 29.4 Å². The zero-order valence-corrected chi connectivity index (χ0v) is 22.2. The molecule has 0 radical (unpaired) electrons. The fourth-order valence-corrected chi connectivity index (χ4v) is 7.10. The van der Waals surface area contributed by atoms with E-state index in [4.69, 9.17) is 19.3 Å². The largest absolute Gasteiger partial charge is 0.482 e. The lowest BCUT2D eigenvalue weighted by atomic mass is 9.43. The van der Waals surface area contributed by atoms with Crippen molar-refractivity contribution in [2.24, 2.45) is 17.3 Å². The Kier molecular flexibility index (Phi) is 7.25. The normalized spacial score (nSPS) is 32.8. The van der Waals surface area contributed by atoms with Crippen LogP contribution in [0.3, 0.4) is 0 Å². The van der Waals surface area contributed by atoms with Crippen molar-refractivity contribution < 1.29 is 23.6 Å². The number of carbonyl (C=O) groups excluding carboxylic acids is 2. The summed E-state index contributed by atoms with van der Waals surface area (Å²) in [5, 5.41) is 12.0. The lowest BCUT2D eigenvalue weighted by molar-refractivity contribution is -0.199. The lowest BCUT2D eigenvalue weighted by Gasteiger charge is -2.64. The van der Waals surface area contributed by atoms with Gasteiger partial charge < -0.3 is 24.3 Å². The maximum atomic E-state index is 13.2. The summed E-state index contributed by atoms with van der Waals surface area (Å²) in [7, 11) is -0.569. The minimum absolute atomic E-state index is 0.0203. The van der Waals surface area contributed by atoms with E-state index in [1.165, 1.54) is 0 Å². The van der Waals surface area contributed by atoms with Gasteiger partial charge in [0.05, 0.1) is 30.3 Å². The minimum Gasteiger partial charge on any atom is -0.444 e. The Hall–Kier alpha value is -2.57. The van der Waals surface area contributed by atoms with Crippen LogP contribution < -0.4 is 5.32 Å². The highest BCUT2D eigenvalue weighted by Gasteiger charge is 2.68. The van der Waals surface area contributed by atoms with E-state index in [9.17, 15) is 9.59 Å². The molecule has 37 heavy (non-hydrogen) atoms. The quantitative estimate of drug-likeness (QED) is 0.587. The molecule has 3 aliphatic carbocycles. The predicted molar refractivity (Wildman–Crippen MR) is 138 cm³/mol. The second-order valence-electron chi connectivity index (χ2n) is 12.0. The molecule has 2 heterocycles. The van der Waals surface area contributed by atoms with Crippen LogP contribution in [0.5, 0.6) is 0 Å². The number of benzene rings is 1. The summed E-state index contributed by atoms with van der Waals surface area (Å²) in [4.78, 5) is 27.1. The number of nitrogens with zero attached hydrogens (tertiary/aromatic N) is 2. The summed E-state index contributed by atoms with van der Waals surface area (Å²) < 4.78 is 19.0. The van der Waals surface area contributed by atoms with Gasteiger partial charge in [-0.2, -0.15) is 5.26 Å². The van der Waals surface area contributed by atoms with E-state index >= 15 is 0 Å². The summed E-state index contributed by atoms with van der Waals surface area (Å²) >= 11 is 0. The van der Waals surface area contributed by atoms with Crippen molar-refractivity contribution in [2.45, 2.75) is 89.5 Å². The molecule has 2 aliphatic heterocycles. The molecular weight excluding hydrogens is 469 g/mol. The second-order valence-corrected chi connectivity index (χ2v) is 12.0. The van der Waals surface area contributed by atoms with Crippen molar-refractivity contribution in [3.63, 3.8) is 0 Å². The summed E-state index contributed by atoms with van der Waals surface area (Å²) in [5.41, 5.74) is 0.943. The van der Waals surface area contributed by atoms with Crippen LogP contribution in [0.25, 0.3) is 0 Å². The number of rotatable bonds is 6. The van der Waals surface area contributed by atoms with Crippen LogP contribution in [0.2, 0.25) is 0 Å². The Morgan fingerprint density at radius 3 is 2.76 bits per heavy atom. The van der Waals surface area contributed by atoms with Crippen molar-refractivity contribution in [2.75, 3.05) is 13.1 Å². The maximum Gasteiger partial charge on any atom is 0.482 e. The van der Waals surface area contributed by atoms with Gasteiger partial charge in [-0.15, -0.1) is 0 Å². The van der Waals surface area contributed by atoms with E-state index in [0.717, 1.165) is 31.2 Å². The van der Waals surface area contributed by atoms with Crippen LogP contribution in [0.1, 0.15) is 64.9 Å². The van der Waals surface area contributed by atoms with Gasteiger partial charge in [0, 0.05) is 6.54 Å². The van der Waals surface area contributed by atoms with Gasteiger partial charge in [-0.05, 0) is 68.3 Å². The van der Waals surface area contributed by atoms with Crippen LogP contribution >= 0.6 is 0 Å². The molecule has 1 aromatic carbocycles. The molecule has 0 unspecified atom stereocenters. The highest BCUT2D eigenvalue weighted by molar-refractivity contribution is 6.47. The maximum absolute atomic E-state index is 13.2. The van der Waals surface area contributed by atoms with Crippen molar-refractivity contribution in [1.29, 1.82) is 5.26 Å². The Bertz CT molecular complexity index is 1050. The number of likely N-dealkylation sites (tertiary alicyclic amines) is 1. The molecule has 3 saturated carbocycles. The molecule has 5 aliphatic rings. The highest BCUT2D eigenvalue weighted by atomic mass is 16.7. The first-order chi connectivity index (χ1) is 17.7. The number of nitrogens with one attached hydrogen (secondary N) is 1. The van der Waals surface area contributed by atoms with Gasteiger partial charge in [0.1, 0.15) is 12.5 Å². The third-order valence-corrected chi connectivity index (χ3v) is 9.38. The highest BCUT2D eigenvalue weighted by Crippen LogP contribution is 2.65. The number of hydrogen-bond acceptors (Lipinski definition) is 6. The Morgan fingerprint density at radius 2 is 2.03 bits per heavy atom. The first kappa shape index (κ1) is 26.1. The molecule has 2 saturated heterocycles. The first-order valence-corrected chi connectivity index (χ1v) is 13.7. The number of amides is 2. The van der Waals surface area contributed by atoms with Crippen molar-refractivity contribution in [3.8, 4) is 6.07 Å². The van der Waals surface area contributed by atoms with Crippen LogP contribution in [0, 0.1) is 28.6 Å². The van der Waals surface area contributed by atoms with E-state index in [0.29, 0.717) is 37.8 Å². The summed E-state index contributed by atoms with van der Waals surface area (Å²) in [6, 6.07) is 11.9. The number of nitriles is 1. The molecule has 2 amide bonds. The van der Waals surface area contributed by atoms with Gasteiger partial charge in [0.2, 0.25) is 5.91 Å². The molecule has 1 N–H and O–H groups in total. The van der Waals surface area contributed by atoms with E-state index in [2.05, 4.69) is 26.1 Å². The number of alkyl carbamates (subject to hydrolysis) is 1. The third-order valence-electron chi connectivity index (χ3n) is 9.38. The van der Waals surface area contributed by atoms with Crippen LogP contribution in [0.4, 0.5) is 4.79 Å². The number of hydrogen-bond donors (Lipinski definition) is 1. The average molecular weight is 507 g/mol. The molecule has 8 nitrogen and oxygen atoms in total. The zero-order valence-electron chi connectivity index (χ0n) is 22.2. The van der Waals surface area contributed by atoms with Crippen LogP contribution in [-0.2, 0) is 25.3 Å². The van der Waals surface area contributed by atoms with Gasteiger partial charge in [-0.3, -0.25) is 4.79 Å². The summed E-state index contributed by atoms with van der Waals surface area (Å²) in [6.07, 6.45) is 3.98. The van der Waals surface area contributed by atoms with Gasteiger partial charge in [0.25, 0.3) is 0 Å². The standard InChI is InChI=1S/C28H38BN3O5/c1-27(2)20-16-22(27)28(3)23(17-20)36-29(37-28)24(15-19-9-5-4-6-10-19)31-26(34)35-21-11-7-8-14-32(18-21)25(33)12-13-30/h4-6,9-10,20-24H,7-8,11-12,14-18H2,1-3H3,(H,31,34)/t20-,21+,22-,23+,24-,28-/m0/s1. The van der Waals surface area contributed by atoms with E-state index in [1.807, 2.05) is 36.4 Å². The van der Waals surface area contributed by atoms with Crippen LogP contribution in [0.15, 0.2) is 30.3 Å². The Balaban J connectivity index is 1.27. The minimum atomic E-state index is -0.569. The van der Waals surface area contributed by atoms with Crippen molar-refractivity contribution >= 4 is 19.1 Å².